The Bertz CT molecular complexity index is 1850. The molecule has 0 N–H and O–H groups in total. The van der Waals surface area contributed by atoms with Gasteiger partial charge in [-0.05, 0) is 64.7 Å². The lowest BCUT2D eigenvalue weighted by atomic mass is 9.95. The Balaban J connectivity index is 1.60. The van der Waals surface area contributed by atoms with Crippen LogP contribution in [0.5, 0.6) is 11.5 Å². The van der Waals surface area contributed by atoms with Crippen LogP contribution in [0.4, 0.5) is 0 Å². The van der Waals surface area contributed by atoms with Crippen LogP contribution in [0.15, 0.2) is 92.3 Å². The highest BCUT2D eigenvalue weighted by molar-refractivity contribution is 9.10. The first-order chi connectivity index (χ1) is 20.4. The fraction of sp³-hybridized carbons (Fsp3) is 0.219. The average molecular weight is 668 g/mol. The number of aromatic nitrogens is 1. The second-order valence-electron chi connectivity index (χ2n) is 9.34. The highest BCUT2D eigenvalue weighted by Gasteiger charge is 2.33. The first-order valence-corrected chi connectivity index (χ1v) is 15.4. The summed E-state index contributed by atoms with van der Waals surface area (Å²) in [6.45, 7) is 4.51. The minimum absolute atomic E-state index is 0.253. The molecule has 0 bridgehead atoms. The molecule has 10 heteroatoms. The number of hydrogen-bond donors (Lipinski definition) is 0. The molecule has 5 rings (SSSR count). The van der Waals surface area contributed by atoms with E-state index in [4.69, 9.17) is 30.8 Å². The summed E-state index contributed by atoms with van der Waals surface area (Å²) in [5.41, 5.74) is 3.10. The molecule has 0 fully saturated rings. The lowest BCUT2D eigenvalue weighted by Gasteiger charge is -2.25. The lowest BCUT2D eigenvalue weighted by Crippen LogP contribution is -2.40. The van der Waals surface area contributed by atoms with Crippen LogP contribution in [0.1, 0.15) is 43.0 Å². The van der Waals surface area contributed by atoms with Gasteiger partial charge in [0.15, 0.2) is 16.3 Å². The Morgan fingerprint density at radius 3 is 2.52 bits per heavy atom. The van der Waals surface area contributed by atoms with Crippen LogP contribution >= 0.6 is 38.9 Å². The number of fused-ring (bicyclic) bond motifs is 1. The first-order valence-electron chi connectivity index (χ1n) is 13.4. The van der Waals surface area contributed by atoms with E-state index in [1.807, 2.05) is 80.6 Å². The molecule has 0 saturated carbocycles. The van der Waals surface area contributed by atoms with Gasteiger partial charge in [-0.25, -0.2) is 9.79 Å². The predicted octanol–water partition coefficient (Wildman–Crippen LogP) is 6.19. The summed E-state index contributed by atoms with van der Waals surface area (Å²) in [5.74, 6) is 0.563. The molecule has 0 aliphatic carbocycles. The van der Waals surface area contributed by atoms with E-state index in [0.717, 1.165) is 16.7 Å². The number of esters is 1. The van der Waals surface area contributed by atoms with E-state index in [9.17, 15) is 9.59 Å². The van der Waals surface area contributed by atoms with Crippen LogP contribution in [-0.4, -0.2) is 24.3 Å². The zero-order chi connectivity index (χ0) is 29.8. The van der Waals surface area contributed by atoms with Crippen LogP contribution in [0.25, 0.3) is 6.08 Å². The molecule has 42 heavy (non-hydrogen) atoms. The first kappa shape index (κ1) is 29.8. The summed E-state index contributed by atoms with van der Waals surface area (Å²) in [5, 5.41) is 0.619. The Morgan fingerprint density at radius 2 is 1.83 bits per heavy atom. The number of nitrogens with zero attached hydrogens (tertiary/aromatic N) is 2. The molecule has 3 aromatic carbocycles. The van der Waals surface area contributed by atoms with E-state index < -0.39 is 12.0 Å². The Morgan fingerprint density at radius 1 is 1.10 bits per heavy atom. The van der Waals surface area contributed by atoms with E-state index in [1.165, 1.54) is 18.4 Å². The van der Waals surface area contributed by atoms with Crippen LogP contribution in [0.2, 0.25) is 5.02 Å². The Hall–Kier alpha value is -3.66. The molecule has 216 valence electrons. The number of halogens is 2. The summed E-state index contributed by atoms with van der Waals surface area (Å²) in [4.78, 5) is 32.2. The highest BCUT2D eigenvalue weighted by Crippen LogP contribution is 2.38. The molecular formula is C32H28BrClN2O5S. The number of carbonyl (C=O) groups excluding carboxylic acids is 1. The molecule has 0 unspecified atom stereocenters. The molecule has 0 amide bonds. The maximum Gasteiger partial charge on any atom is 0.338 e. The van der Waals surface area contributed by atoms with Gasteiger partial charge in [-0.2, -0.15) is 0 Å². The van der Waals surface area contributed by atoms with Crippen LogP contribution in [0, 0.1) is 0 Å². The summed E-state index contributed by atoms with van der Waals surface area (Å²) >= 11 is 11.2. The van der Waals surface area contributed by atoms with E-state index in [1.54, 1.807) is 10.6 Å². The van der Waals surface area contributed by atoms with Crippen molar-refractivity contribution in [1.29, 1.82) is 0 Å². The number of rotatable bonds is 9. The van der Waals surface area contributed by atoms with Gasteiger partial charge in [0, 0.05) is 10.6 Å². The zero-order valence-electron chi connectivity index (χ0n) is 23.2. The Kier molecular flexibility index (Phi) is 9.30. The minimum atomic E-state index is -0.654. The molecule has 1 aliphatic rings. The zero-order valence-corrected chi connectivity index (χ0v) is 26.4. The Labute approximate surface area is 260 Å². The third-order valence-electron chi connectivity index (χ3n) is 6.72. The number of thiazole rings is 1. The molecule has 2 heterocycles. The van der Waals surface area contributed by atoms with Crippen molar-refractivity contribution in [3.63, 3.8) is 0 Å². The molecular weight excluding hydrogens is 640 g/mol. The van der Waals surface area contributed by atoms with Crippen molar-refractivity contribution in [2.24, 2.45) is 4.99 Å². The number of hydrogen-bond acceptors (Lipinski definition) is 7. The fourth-order valence-electron chi connectivity index (χ4n) is 4.81. The van der Waals surface area contributed by atoms with Gasteiger partial charge >= 0.3 is 5.97 Å². The molecule has 4 aromatic rings. The van der Waals surface area contributed by atoms with Gasteiger partial charge in [-0.15, -0.1) is 0 Å². The van der Waals surface area contributed by atoms with E-state index >= 15 is 0 Å². The summed E-state index contributed by atoms with van der Waals surface area (Å²) < 4.78 is 19.9. The van der Waals surface area contributed by atoms with E-state index in [2.05, 4.69) is 15.9 Å². The molecule has 0 saturated heterocycles. The summed E-state index contributed by atoms with van der Waals surface area (Å²) in [7, 11) is 1.34. The predicted molar refractivity (Wildman–Crippen MR) is 168 cm³/mol. The van der Waals surface area contributed by atoms with Crippen molar-refractivity contribution in [2.75, 3.05) is 13.7 Å². The summed E-state index contributed by atoms with van der Waals surface area (Å²) in [6, 6.07) is 20.0. The quantitative estimate of drug-likeness (QED) is 0.199. The maximum absolute atomic E-state index is 13.9. The average Bonchev–Trinajstić information content (AvgIpc) is 3.30. The highest BCUT2D eigenvalue weighted by atomic mass is 79.9. The van der Waals surface area contributed by atoms with Crippen molar-refractivity contribution >= 4 is 50.9 Å². The second-order valence-corrected chi connectivity index (χ2v) is 11.6. The number of carbonyl (C=O) groups is 1. The van der Waals surface area contributed by atoms with Crippen molar-refractivity contribution in [3.8, 4) is 11.5 Å². The molecule has 0 radical (unpaired) electrons. The third kappa shape index (κ3) is 5.95. The van der Waals surface area contributed by atoms with Crippen molar-refractivity contribution in [2.45, 2.75) is 32.9 Å². The van der Waals surface area contributed by atoms with Crippen LogP contribution < -0.4 is 24.4 Å². The number of methoxy groups -OCH3 is 1. The van der Waals surface area contributed by atoms with Gasteiger partial charge in [-0.1, -0.05) is 78.4 Å². The van der Waals surface area contributed by atoms with Gasteiger partial charge in [0.05, 0.1) is 40.0 Å². The second kappa shape index (κ2) is 13.1. The molecule has 1 aliphatic heterocycles. The minimum Gasteiger partial charge on any atom is -0.490 e. The van der Waals surface area contributed by atoms with Gasteiger partial charge in [0.1, 0.15) is 6.61 Å². The van der Waals surface area contributed by atoms with Crippen LogP contribution in [0.3, 0.4) is 0 Å². The van der Waals surface area contributed by atoms with Gasteiger partial charge in [0.25, 0.3) is 5.56 Å². The molecule has 0 spiro atoms. The smallest absolute Gasteiger partial charge is 0.338 e. The fourth-order valence-corrected chi connectivity index (χ4v) is 6.59. The molecule has 1 atom stereocenters. The topological polar surface area (TPSA) is 79.1 Å². The third-order valence-corrected chi connectivity index (χ3v) is 8.67. The van der Waals surface area contributed by atoms with Crippen molar-refractivity contribution in [1.82, 2.24) is 4.57 Å². The monoisotopic (exact) mass is 666 g/mol. The van der Waals surface area contributed by atoms with Gasteiger partial charge in [-0.3, -0.25) is 9.36 Å². The van der Waals surface area contributed by atoms with E-state index in [-0.39, 0.29) is 12.2 Å². The molecule has 1 aromatic heterocycles. The van der Waals surface area contributed by atoms with Crippen molar-refractivity contribution < 1.29 is 19.0 Å². The maximum atomic E-state index is 13.9. The number of allylic oxidation sites excluding steroid dienone is 1. The number of benzene rings is 3. The number of ether oxygens (including phenoxy) is 3. The van der Waals surface area contributed by atoms with Gasteiger partial charge < -0.3 is 14.2 Å². The summed E-state index contributed by atoms with van der Waals surface area (Å²) in [6.07, 6.45) is 2.31. The van der Waals surface area contributed by atoms with Crippen molar-refractivity contribution in [3.05, 3.63) is 124 Å². The lowest BCUT2D eigenvalue weighted by molar-refractivity contribution is -0.136. The van der Waals surface area contributed by atoms with Gasteiger partial charge in [0.2, 0.25) is 0 Å². The SMILES string of the molecule is CCOc1cc(/C=c2/sc3n(c2=O)[C@H](c2ccccc2)C(C(=O)OC)=C(CC)N=3)cc(Br)c1OCc1ccccc1Cl. The van der Waals surface area contributed by atoms with E-state index in [0.29, 0.717) is 54.6 Å². The molecule has 7 nitrogen and oxygen atoms in total. The largest absolute Gasteiger partial charge is 0.490 e. The van der Waals surface area contributed by atoms with Crippen LogP contribution in [-0.2, 0) is 16.1 Å². The standard InChI is InChI=1S/C32H28BrClN2O5S/c1-4-24-27(31(38)39-3)28(20-11-7-6-8-12-20)36-30(37)26(42-32(36)35-24)17-19-15-22(33)29(25(16-19)40-5-2)41-18-21-13-9-10-14-23(21)34/h6-17,28H,4-5,18H2,1-3H3/b26-17+/t28-/m1/s1. The normalized spacial score (nSPS) is 14.8.